The van der Waals surface area contributed by atoms with E-state index in [-0.39, 0.29) is 55.5 Å². The summed E-state index contributed by atoms with van der Waals surface area (Å²) >= 11 is 0. The van der Waals surface area contributed by atoms with E-state index in [2.05, 4.69) is 29.8 Å². The highest BCUT2D eigenvalue weighted by Crippen LogP contribution is 2.25. The highest BCUT2D eigenvalue weighted by molar-refractivity contribution is 5.97. The Bertz CT molecular complexity index is 865. The summed E-state index contributed by atoms with van der Waals surface area (Å²) in [6, 6.07) is 2.80. The average Bonchev–Trinajstić information content (AvgIpc) is 3.18. The van der Waals surface area contributed by atoms with Gasteiger partial charge in [-0.05, 0) is 43.5 Å². The van der Waals surface area contributed by atoms with Crippen molar-refractivity contribution in [3.63, 3.8) is 0 Å². The Morgan fingerprint density at radius 1 is 1.36 bits per heavy atom. The molecule has 0 aromatic heterocycles. The fourth-order valence-corrected chi connectivity index (χ4v) is 4.14. The molecule has 2 heterocycles. The van der Waals surface area contributed by atoms with Crippen LogP contribution < -0.4 is 20.7 Å². The second-order valence-electron chi connectivity index (χ2n) is 8.93. The largest absolute Gasteiger partial charge is 0.491 e. The van der Waals surface area contributed by atoms with Crippen LogP contribution in [0.2, 0.25) is 0 Å². The number of fused-ring (bicyclic) bond motifs is 2. The molecule has 0 spiro atoms. The molecule has 0 aliphatic carbocycles. The quantitative estimate of drug-likeness (QED) is 0.572. The van der Waals surface area contributed by atoms with Gasteiger partial charge in [0.05, 0.1) is 11.6 Å². The van der Waals surface area contributed by atoms with Gasteiger partial charge in [-0.1, -0.05) is 13.8 Å². The summed E-state index contributed by atoms with van der Waals surface area (Å²) in [4.78, 5) is 40.0. The van der Waals surface area contributed by atoms with Crippen LogP contribution in [0.3, 0.4) is 0 Å². The van der Waals surface area contributed by atoms with Crippen molar-refractivity contribution in [3.8, 4) is 5.75 Å². The van der Waals surface area contributed by atoms with Gasteiger partial charge in [0, 0.05) is 26.2 Å². The van der Waals surface area contributed by atoms with E-state index in [1.165, 1.54) is 19.2 Å². The second-order valence-corrected chi connectivity index (χ2v) is 8.93. The van der Waals surface area contributed by atoms with E-state index in [9.17, 15) is 18.8 Å². The number of nitrogens with one attached hydrogen (secondary N) is 3. The zero-order valence-corrected chi connectivity index (χ0v) is 19.4. The van der Waals surface area contributed by atoms with Crippen molar-refractivity contribution < 1.29 is 28.2 Å². The third kappa shape index (κ3) is 6.64. The first kappa shape index (κ1) is 24.9. The lowest BCUT2D eigenvalue weighted by Crippen LogP contribution is -2.53. The molecule has 0 radical (unpaired) electrons. The predicted molar refractivity (Wildman–Crippen MR) is 119 cm³/mol. The first-order chi connectivity index (χ1) is 15.8. The standard InChI is InChI=1S/C23H33FN4O5/c1-14(2)10-26-16-9-17-12-33-20-5-4-15(24)8-18(20)22(30)25-7-6-19(23(31)28(17)11-16)27-21(29)13-32-3/h4-5,8,14,16-17,19,26H,6-7,9-13H2,1-3H3,(H,25,30)(H,27,29)/t16-,17-,19-/m0/s1. The first-order valence-electron chi connectivity index (χ1n) is 11.3. The van der Waals surface area contributed by atoms with E-state index in [1.54, 1.807) is 4.90 Å². The Balaban J connectivity index is 1.86. The third-order valence-corrected chi connectivity index (χ3v) is 5.76. The van der Waals surface area contributed by atoms with Gasteiger partial charge in [0.1, 0.15) is 30.8 Å². The third-order valence-electron chi connectivity index (χ3n) is 5.76. The van der Waals surface area contributed by atoms with Crippen molar-refractivity contribution in [2.24, 2.45) is 5.92 Å². The van der Waals surface area contributed by atoms with Crippen LogP contribution in [0.1, 0.15) is 37.0 Å². The highest BCUT2D eigenvalue weighted by atomic mass is 19.1. The maximum absolute atomic E-state index is 13.8. The van der Waals surface area contributed by atoms with Gasteiger partial charge < -0.3 is 30.3 Å². The average molecular weight is 465 g/mol. The van der Waals surface area contributed by atoms with E-state index in [0.717, 1.165) is 12.6 Å². The van der Waals surface area contributed by atoms with Crippen molar-refractivity contribution in [1.82, 2.24) is 20.9 Å². The van der Waals surface area contributed by atoms with E-state index in [1.807, 2.05) is 0 Å². The second kappa shape index (κ2) is 11.4. The molecular formula is C23H33FN4O5. The van der Waals surface area contributed by atoms with Crippen molar-refractivity contribution in [1.29, 1.82) is 0 Å². The maximum atomic E-state index is 13.8. The lowest BCUT2D eigenvalue weighted by Gasteiger charge is -2.30. The van der Waals surface area contributed by atoms with Gasteiger partial charge in [0.25, 0.3) is 5.91 Å². The Morgan fingerprint density at radius 3 is 2.88 bits per heavy atom. The van der Waals surface area contributed by atoms with Crippen LogP contribution in [0, 0.1) is 11.7 Å². The van der Waals surface area contributed by atoms with Crippen molar-refractivity contribution in [2.45, 2.75) is 44.8 Å². The summed E-state index contributed by atoms with van der Waals surface area (Å²) in [5.41, 5.74) is 0.0981. The summed E-state index contributed by atoms with van der Waals surface area (Å²) in [7, 11) is 1.40. The number of hydrogen-bond acceptors (Lipinski definition) is 6. The number of rotatable bonds is 6. The van der Waals surface area contributed by atoms with Crippen LogP contribution in [-0.4, -0.2) is 80.7 Å². The zero-order valence-electron chi connectivity index (χ0n) is 19.4. The number of nitrogens with zero attached hydrogens (tertiary/aromatic N) is 1. The molecule has 182 valence electrons. The van der Waals surface area contributed by atoms with Crippen LogP contribution in [0.4, 0.5) is 4.39 Å². The molecule has 1 aromatic carbocycles. The maximum Gasteiger partial charge on any atom is 0.255 e. The highest BCUT2D eigenvalue weighted by Gasteiger charge is 2.39. The van der Waals surface area contributed by atoms with Crippen molar-refractivity contribution in [3.05, 3.63) is 29.6 Å². The van der Waals surface area contributed by atoms with Crippen LogP contribution >= 0.6 is 0 Å². The van der Waals surface area contributed by atoms with Gasteiger partial charge in [-0.3, -0.25) is 14.4 Å². The number of carbonyl (C=O) groups is 3. The zero-order chi connectivity index (χ0) is 24.0. The minimum absolute atomic E-state index is 0.0813. The first-order valence-corrected chi connectivity index (χ1v) is 11.3. The molecule has 3 amide bonds. The fourth-order valence-electron chi connectivity index (χ4n) is 4.14. The van der Waals surface area contributed by atoms with Crippen molar-refractivity contribution in [2.75, 3.05) is 40.0 Å². The van der Waals surface area contributed by atoms with Gasteiger partial charge >= 0.3 is 0 Å². The lowest BCUT2D eigenvalue weighted by atomic mass is 10.1. The van der Waals surface area contributed by atoms with Gasteiger partial charge in [0.2, 0.25) is 11.8 Å². The Hall–Kier alpha value is -2.72. The smallest absolute Gasteiger partial charge is 0.255 e. The fraction of sp³-hybridized carbons (Fsp3) is 0.609. The van der Waals surface area contributed by atoms with Crippen molar-refractivity contribution >= 4 is 17.7 Å². The molecule has 1 fully saturated rings. The summed E-state index contributed by atoms with van der Waals surface area (Å²) in [5, 5.41) is 8.90. The van der Waals surface area contributed by atoms with Crippen LogP contribution in [0.25, 0.3) is 0 Å². The molecule has 9 nitrogen and oxygen atoms in total. The Kier molecular flexibility index (Phi) is 8.62. The van der Waals surface area contributed by atoms with Crippen LogP contribution in [0.5, 0.6) is 5.75 Å². The number of benzene rings is 1. The van der Waals surface area contributed by atoms with E-state index in [4.69, 9.17) is 9.47 Å². The van der Waals surface area contributed by atoms with E-state index < -0.39 is 23.7 Å². The number of methoxy groups -OCH3 is 1. The molecule has 3 N–H and O–H groups in total. The van der Waals surface area contributed by atoms with Gasteiger partial charge in [-0.2, -0.15) is 0 Å². The van der Waals surface area contributed by atoms with E-state index >= 15 is 0 Å². The van der Waals surface area contributed by atoms with Gasteiger partial charge in [-0.25, -0.2) is 4.39 Å². The number of halogens is 1. The number of amides is 3. The predicted octanol–water partition coefficient (Wildman–Crippen LogP) is 0.684. The summed E-state index contributed by atoms with van der Waals surface area (Å²) in [5.74, 6) is -0.956. The Labute approximate surface area is 193 Å². The summed E-state index contributed by atoms with van der Waals surface area (Å²) < 4.78 is 24.6. The molecule has 3 atom stereocenters. The molecule has 0 saturated carbocycles. The monoisotopic (exact) mass is 464 g/mol. The molecule has 2 aliphatic rings. The number of carbonyl (C=O) groups excluding carboxylic acids is 3. The SMILES string of the molecule is COCC(=O)N[C@H]1CCNC(=O)c2cc(F)ccc2OC[C@@H]2C[C@H](NCC(C)C)CN2C1=O. The molecule has 10 heteroatoms. The summed E-state index contributed by atoms with van der Waals surface area (Å²) in [6.45, 7) is 5.62. The molecule has 1 aromatic rings. The van der Waals surface area contributed by atoms with Crippen LogP contribution in [-0.2, 0) is 14.3 Å². The van der Waals surface area contributed by atoms with Crippen LogP contribution in [0.15, 0.2) is 18.2 Å². The number of ether oxygens (including phenoxy) is 2. The van der Waals surface area contributed by atoms with Gasteiger partial charge in [0.15, 0.2) is 0 Å². The molecule has 0 unspecified atom stereocenters. The van der Waals surface area contributed by atoms with Gasteiger partial charge in [-0.15, -0.1) is 0 Å². The molecular weight excluding hydrogens is 431 g/mol. The topological polar surface area (TPSA) is 109 Å². The van der Waals surface area contributed by atoms with E-state index in [0.29, 0.717) is 18.9 Å². The molecule has 0 bridgehead atoms. The Morgan fingerprint density at radius 2 is 2.15 bits per heavy atom. The minimum Gasteiger partial charge on any atom is -0.491 e. The molecule has 1 saturated heterocycles. The lowest BCUT2D eigenvalue weighted by molar-refractivity contribution is -0.138. The molecule has 2 aliphatic heterocycles. The molecule has 3 rings (SSSR count). The molecule has 33 heavy (non-hydrogen) atoms. The normalized spacial score (nSPS) is 23.7. The minimum atomic E-state index is -0.828. The number of hydrogen-bond donors (Lipinski definition) is 3. The summed E-state index contributed by atoms with van der Waals surface area (Å²) in [6.07, 6.45) is 0.860.